The molecule has 306 valence electrons. The van der Waals surface area contributed by atoms with Gasteiger partial charge in [-0.05, 0) is 73.4 Å². The highest BCUT2D eigenvalue weighted by atomic mass is 35.5. The number of fused-ring (bicyclic) bond motifs is 2. The SMILES string of the molecule is CC1(C)[C@H](Oc2ccc(C#N)c(Cl)c2)C(C)(C)[C@H]1N1Cc2cc(C#CC3CN(C4CC5(C4)CN(c4ccc6c(c4)C(=O)N(C4CCC(=O)NC4=O)C6=O)C5)C3)ccc2C1=O. The van der Waals surface area contributed by atoms with Gasteiger partial charge in [0.15, 0.2) is 0 Å². The standard InChI is InChI=1S/C47H45ClN6O6/c1-45(2)43(46(3,4)44(45)60-32-10-8-28(20-49)36(48)17-32)53-23-29-15-26(7-11-33(29)40(53)57)5-6-27-21-51(22-27)31-18-47(19-31)24-52(25-47)30-9-12-34-35(16-30)42(59)54(41(34)58)37-13-14-38(55)50-39(37)56/h7-12,15-17,27,31,37,43-44H,13-14,18-19,21-25H2,1-4H3,(H,50,55,56)/t37?,43-,44-. The number of carbonyl (C=O) groups excluding carboxylic acids is 5. The lowest BCUT2D eigenvalue weighted by atomic mass is 9.49. The van der Waals surface area contributed by atoms with Crippen LogP contribution in [0.2, 0.25) is 5.02 Å². The van der Waals surface area contributed by atoms with Crippen molar-refractivity contribution in [3.63, 3.8) is 0 Å². The number of halogens is 1. The van der Waals surface area contributed by atoms with Gasteiger partial charge in [0.2, 0.25) is 11.8 Å². The summed E-state index contributed by atoms with van der Waals surface area (Å²) in [7, 11) is 0. The Balaban J connectivity index is 0.708. The van der Waals surface area contributed by atoms with Crippen LogP contribution in [0.1, 0.15) is 101 Å². The minimum absolute atomic E-state index is 0.0373. The maximum Gasteiger partial charge on any atom is 0.262 e. The molecule has 10 rings (SSSR count). The number of likely N-dealkylation sites (tertiary alicyclic amines) is 1. The van der Waals surface area contributed by atoms with Gasteiger partial charge in [0.1, 0.15) is 24.0 Å². The molecule has 0 radical (unpaired) electrons. The smallest absolute Gasteiger partial charge is 0.262 e. The number of amides is 5. The fraction of sp³-hybridized carbons (Fsp3) is 0.447. The lowest BCUT2D eigenvalue weighted by Crippen LogP contribution is -2.74. The Morgan fingerprint density at radius 3 is 2.27 bits per heavy atom. The summed E-state index contributed by atoms with van der Waals surface area (Å²) in [5.41, 5.74) is 4.15. The number of nitriles is 1. The molecule has 0 bridgehead atoms. The molecule has 60 heavy (non-hydrogen) atoms. The van der Waals surface area contributed by atoms with Crippen LogP contribution < -0.4 is 15.0 Å². The Morgan fingerprint density at radius 1 is 0.850 bits per heavy atom. The van der Waals surface area contributed by atoms with E-state index in [0.717, 1.165) is 66.3 Å². The van der Waals surface area contributed by atoms with Crippen LogP contribution in [0.25, 0.3) is 0 Å². The molecular formula is C47H45ClN6O6. The van der Waals surface area contributed by atoms with E-state index in [2.05, 4.69) is 66.8 Å². The molecule has 1 spiro atoms. The number of rotatable bonds is 6. The van der Waals surface area contributed by atoms with E-state index in [9.17, 15) is 29.2 Å². The van der Waals surface area contributed by atoms with Gasteiger partial charge >= 0.3 is 0 Å². The fourth-order valence-corrected chi connectivity index (χ4v) is 12.0. The van der Waals surface area contributed by atoms with E-state index < -0.39 is 29.7 Å². The summed E-state index contributed by atoms with van der Waals surface area (Å²) in [6, 6.07) is 18.0. The topological polar surface area (TPSA) is 143 Å². The summed E-state index contributed by atoms with van der Waals surface area (Å²) < 4.78 is 6.48. The number of nitrogens with zero attached hydrogens (tertiary/aromatic N) is 5. The number of hydrogen-bond donors (Lipinski definition) is 1. The molecule has 3 aromatic carbocycles. The van der Waals surface area contributed by atoms with Gasteiger partial charge in [-0.15, -0.1) is 0 Å². The van der Waals surface area contributed by atoms with Crippen molar-refractivity contribution in [3.8, 4) is 23.7 Å². The normalized spacial score (nSPS) is 26.2. The first-order chi connectivity index (χ1) is 28.6. The number of imide groups is 2. The van der Waals surface area contributed by atoms with E-state index in [1.54, 1.807) is 30.3 Å². The number of carbonyl (C=O) groups is 5. The zero-order valence-corrected chi connectivity index (χ0v) is 34.8. The maximum atomic E-state index is 13.8. The Labute approximate surface area is 353 Å². The first-order valence-corrected chi connectivity index (χ1v) is 21.1. The molecule has 5 amide bonds. The number of benzene rings is 3. The summed E-state index contributed by atoms with van der Waals surface area (Å²) in [5.74, 6) is 5.88. The van der Waals surface area contributed by atoms with Gasteiger partial charge in [-0.25, -0.2) is 0 Å². The van der Waals surface area contributed by atoms with Crippen LogP contribution in [0.15, 0.2) is 54.6 Å². The van der Waals surface area contributed by atoms with Crippen molar-refractivity contribution in [1.82, 2.24) is 20.0 Å². The van der Waals surface area contributed by atoms with E-state index in [1.807, 2.05) is 23.1 Å². The summed E-state index contributed by atoms with van der Waals surface area (Å²) in [4.78, 5) is 72.1. The molecule has 13 heteroatoms. The van der Waals surface area contributed by atoms with Gasteiger partial charge < -0.3 is 14.5 Å². The molecule has 2 saturated carbocycles. The Hall–Kier alpha value is -5.69. The Kier molecular flexibility index (Phi) is 8.60. The van der Waals surface area contributed by atoms with Crippen LogP contribution in [0.5, 0.6) is 5.75 Å². The molecule has 1 atom stereocenters. The number of hydrogen-bond acceptors (Lipinski definition) is 9. The third kappa shape index (κ3) is 5.86. The predicted octanol–water partition coefficient (Wildman–Crippen LogP) is 5.40. The van der Waals surface area contributed by atoms with Gasteiger partial charge in [-0.1, -0.05) is 51.1 Å². The van der Waals surface area contributed by atoms with Gasteiger partial charge in [-0.3, -0.25) is 39.1 Å². The third-order valence-electron chi connectivity index (χ3n) is 14.3. The van der Waals surface area contributed by atoms with Crippen molar-refractivity contribution >= 4 is 46.8 Å². The molecular weight excluding hydrogens is 780 g/mol. The molecule has 7 aliphatic rings. The minimum atomic E-state index is -0.971. The number of anilines is 1. The lowest BCUT2D eigenvalue weighted by molar-refractivity contribution is -0.199. The Morgan fingerprint density at radius 2 is 1.57 bits per heavy atom. The van der Waals surface area contributed by atoms with E-state index in [1.165, 1.54) is 0 Å². The Bertz CT molecular complexity index is 2530. The molecule has 1 unspecified atom stereocenters. The largest absolute Gasteiger partial charge is 0.489 e. The highest BCUT2D eigenvalue weighted by molar-refractivity contribution is 6.31. The molecule has 1 N–H and O–H groups in total. The van der Waals surface area contributed by atoms with Crippen LogP contribution in [0.4, 0.5) is 5.69 Å². The zero-order chi connectivity index (χ0) is 42.0. The molecule has 5 aliphatic heterocycles. The predicted molar refractivity (Wildman–Crippen MR) is 221 cm³/mol. The zero-order valence-electron chi connectivity index (χ0n) is 34.0. The summed E-state index contributed by atoms with van der Waals surface area (Å²) in [5, 5.41) is 11.9. The van der Waals surface area contributed by atoms with Crippen LogP contribution in [0, 0.1) is 45.3 Å². The lowest BCUT2D eigenvalue weighted by Gasteiger charge is -2.65. The number of piperidine rings is 1. The molecule has 0 aromatic heterocycles. The highest BCUT2D eigenvalue weighted by Gasteiger charge is 2.67. The first kappa shape index (κ1) is 38.5. The number of nitrogens with one attached hydrogen (secondary N) is 1. The summed E-state index contributed by atoms with van der Waals surface area (Å²) >= 11 is 6.29. The molecule has 12 nitrogen and oxygen atoms in total. The van der Waals surface area contributed by atoms with Gasteiger partial charge in [-0.2, -0.15) is 5.26 Å². The van der Waals surface area contributed by atoms with Gasteiger partial charge in [0.25, 0.3) is 17.7 Å². The fourth-order valence-electron chi connectivity index (χ4n) is 11.8. The maximum absolute atomic E-state index is 13.8. The van der Waals surface area contributed by atoms with Crippen molar-refractivity contribution in [2.24, 2.45) is 22.2 Å². The van der Waals surface area contributed by atoms with E-state index in [0.29, 0.717) is 46.0 Å². The monoisotopic (exact) mass is 824 g/mol. The molecule has 2 aliphatic carbocycles. The average molecular weight is 825 g/mol. The molecule has 5 fully saturated rings. The first-order valence-electron chi connectivity index (χ1n) is 20.7. The van der Waals surface area contributed by atoms with Crippen LogP contribution in [-0.2, 0) is 16.1 Å². The summed E-state index contributed by atoms with van der Waals surface area (Å²) in [6.07, 6.45) is 2.30. The van der Waals surface area contributed by atoms with Crippen molar-refractivity contribution in [2.45, 2.75) is 84.2 Å². The van der Waals surface area contributed by atoms with E-state index >= 15 is 0 Å². The average Bonchev–Trinajstić information content (AvgIpc) is 3.59. The van der Waals surface area contributed by atoms with Gasteiger partial charge in [0, 0.05) is 96.3 Å². The van der Waals surface area contributed by atoms with Crippen LogP contribution in [0.3, 0.4) is 0 Å². The minimum Gasteiger partial charge on any atom is -0.489 e. The second-order valence-corrected chi connectivity index (χ2v) is 19.5. The van der Waals surface area contributed by atoms with Crippen molar-refractivity contribution in [1.29, 1.82) is 5.26 Å². The summed E-state index contributed by atoms with van der Waals surface area (Å²) in [6.45, 7) is 12.8. The van der Waals surface area contributed by atoms with Crippen molar-refractivity contribution < 1.29 is 28.7 Å². The van der Waals surface area contributed by atoms with E-state index in [4.69, 9.17) is 16.3 Å². The van der Waals surface area contributed by atoms with Crippen LogP contribution >= 0.6 is 11.6 Å². The van der Waals surface area contributed by atoms with E-state index in [-0.39, 0.29) is 47.1 Å². The highest BCUT2D eigenvalue weighted by Crippen LogP contribution is 2.59. The molecule has 5 heterocycles. The van der Waals surface area contributed by atoms with Crippen molar-refractivity contribution in [3.05, 3.63) is 93.0 Å². The number of ether oxygens (including phenoxy) is 1. The second kappa shape index (κ2) is 13.4. The van der Waals surface area contributed by atoms with Crippen LogP contribution in [-0.4, -0.2) is 94.6 Å². The third-order valence-corrected chi connectivity index (χ3v) is 14.7. The quantitative estimate of drug-likeness (QED) is 0.255. The molecule has 3 aromatic rings. The second-order valence-electron chi connectivity index (χ2n) is 19.1. The van der Waals surface area contributed by atoms with Gasteiger partial charge in [0.05, 0.1) is 21.7 Å². The van der Waals surface area contributed by atoms with Crippen molar-refractivity contribution in [2.75, 3.05) is 31.1 Å². The molecule has 3 saturated heterocycles.